The molecule has 1 atom stereocenters. The fourth-order valence-electron chi connectivity index (χ4n) is 2.30. The number of likely N-dealkylation sites (N-methyl/N-ethyl adjacent to an activating group) is 1. The van der Waals surface area contributed by atoms with Crippen LogP contribution in [0.4, 0.5) is 0 Å². The summed E-state index contributed by atoms with van der Waals surface area (Å²) in [7, 11) is 2.05. The standard InChI is InChI=1S/C16H17BrCl2N2/c1-21(10-12-4-2-3-5-14(12)18)16(9-20)11-6-7-15(19)13(17)8-11/h2-8,16H,9-10,20H2,1H3. The molecule has 0 saturated carbocycles. The molecule has 0 radical (unpaired) electrons. The summed E-state index contributed by atoms with van der Waals surface area (Å²) in [5, 5.41) is 1.47. The van der Waals surface area contributed by atoms with Gasteiger partial charge in [-0.15, -0.1) is 0 Å². The van der Waals surface area contributed by atoms with E-state index in [1.807, 2.05) is 49.5 Å². The van der Waals surface area contributed by atoms with Gasteiger partial charge in [0.05, 0.1) is 5.02 Å². The molecular formula is C16H17BrCl2N2. The minimum Gasteiger partial charge on any atom is -0.329 e. The average Bonchev–Trinajstić information content (AvgIpc) is 2.46. The van der Waals surface area contributed by atoms with Gasteiger partial charge in [0, 0.05) is 28.6 Å². The number of nitrogens with zero attached hydrogens (tertiary/aromatic N) is 1. The van der Waals surface area contributed by atoms with Gasteiger partial charge in [0.1, 0.15) is 0 Å². The van der Waals surface area contributed by atoms with E-state index < -0.39 is 0 Å². The second kappa shape index (κ2) is 7.61. The first-order valence-corrected chi connectivity index (χ1v) is 8.16. The molecule has 5 heteroatoms. The fraction of sp³-hybridized carbons (Fsp3) is 0.250. The quantitative estimate of drug-likeness (QED) is 0.791. The number of halogens is 3. The predicted octanol–water partition coefficient (Wildman–Crippen LogP) is 4.89. The molecular weight excluding hydrogens is 371 g/mol. The lowest BCUT2D eigenvalue weighted by molar-refractivity contribution is 0.242. The molecule has 2 nitrogen and oxygen atoms in total. The lowest BCUT2D eigenvalue weighted by Crippen LogP contribution is -2.30. The van der Waals surface area contributed by atoms with Crippen LogP contribution in [0.5, 0.6) is 0 Å². The van der Waals surface area contributed by atoms with Crippen LogP contribution in [0.2, 0.25) is 10.0 Å². The molecule has 0 aliphatic carbocycles. The van der Waals surface area contributed by atoms with Crippen LogP contribution in [-0.4, -0.2) is 18.5 Å². The van der Waals surface area contributed by atoms with Gasteiger partial charge in [0.2, 0.25) is 0 Å². The van der Waals surface area contributed by atoms with E-state index in [9.17, 15) is 0 Å². The predicted molar refractivity (Wildman–Crippen MR) is 93.9 cm³/mol. The number of rotatable bonds is 5. The van der Waals surface area contributed by atoms with Crippen LogP contribution in [0, 0.1) is 0 Å². The monoisotopic (exact) mass is 386 g/mol. The Morgan fingerprint density at radius 3 is 2.48 bits per heavy atom. The first-order valence-electron chi connectivity index (χ1n) is 6.61. The number of nitrogens with two attached hydrogens (primary N) is 1. The number of hydrogen-bond donors (Lipinski definition) is 1. The largest absolute Gasteiger partial charge is 0.329 e. The van der Waals surface area contributed by atoms with Gasteiger partial charge in [0.15, 0.2) is 0 Å². The summed E-state index contributed by atoms with van der Waals surface area (Å²) in [4.78, 5) is 2.19. The van der Waals surface area contributed by atoms with Crippen molar-refractivity contribution in [2.45, 2.75) is 12.6 Å². The summed E-state index contributed by atoms with van der Waals surface area (Å²) in [6, 6.07) is 13.9. The molecule has 0 aromatic heterocycles. The third-order valence-electron chi connectivity index (χ3n) is 3.46. The molecule has 2 aromatic carbocycles. The Morgan fingerprint density at radius 1 is 1.14 bits per heavy atom. The third kappa shape index (κ3) is 4.21. The van der Waals surface area contributed by atoms with E-state index in [0.29, 0.717) is 11.6 Å². The maximum atomic E-state index is 6.23. The normalized spacial score (nSPS) is 12.7. The Kier molecular flexibility index (Phi) is 6.08. The van der Waals surface area contributed by atoms with Crippen LogP contribution in [0.1, 0.15) is 17.2 Å². The first-order chi connectivity index (χ1) is 10.0. The fourth-order valence-corrected chi connectivity index (χ4v) is 3.01. The van der Waals surface area contributed by atoms with Crippen molar-refractivity contribution in [3.63, 3.8) is 0 Å². The van der Waals surface area contributed by atoms with Crippen molar-refractivity contribution in [3.8, 4) is 0 Å². The van der Waals surface area contributed by atoms with E-state index in [0.717, 1.165) is 27.2 Å². The van der Waals surface area contributed by atoms with E-state index in [1.165, 1.54) is 0 Å². The molecule has 0 aliphatic heterocycles. The van der Waals surface area contributed by atoms with Crippen molar-refractivity contribution >= 4 is 39.1 Å². The summed E-state index contributed by atoms with van der Waals surface area (Å²) in [6.07, 6.45) is 0. The second-order valence-corrected chi connectivity index (χ2v) is 6.60. The number of hydrogen-bond acceptors (Lipinski definition) is 2. The zero-order valence-electron chi connectivity index (χ0n) is 11.7. The highest BCUT2D eigenvalue weighted by atomic mass is 79.9. The lowest BCUT2D eigenvalue weighted by atomic mass is 10.0. The van der Waals surface area contributed by atoms with Crippen LogP contribution in [0.15, 0.2) is 46.9 Å². The van der Waals surface area contributed by atoms with Gasteiger partial charge in [-0.3, -0.25) is 4.90 Å². The molecule has 21 heavy (non-hydrogen) atoms. The van der Waals surface area contributed by atoms with Crippen LogP contribution < -0.4 is 5.73 Å². The maximum absolute atomic E-state index is 6.23. The first kappa shape index (κ1) is 16.8. The van der Waals surface area contributed by atoms with Crippen LogP contribution >= 0.6 is 39.1 Å². The average molecular weight is 388 g/mol. The van der Waals surface area contributed by atoms with Gasteiger partial charge < -0.3 is 5.73 Å². The summed E-state index contributed by atoms with van der Waals surface area (Å²) in [6.45, 7) is 1.26. The zero-order chi connectivity index (χ0) is 15.4. The summed E-state index contributed by atoms with van der Waals surface area (Å²) in [5.74, 6) is 0. The van der Waals surface area contributed by atoms with Crippen LogP contribution in [0.3, 0.4) is 0 Å². The van der Waals surface area contributed by atoms with E-state index in [2.05, 4.69) is 20.8 Å². The van der Waals surface area contributed by atoms with Crippen molar-refractivity contribution in [2.75, 3.05) is 13.6 Å². The van der Waals surface area contributed by atoms with Gasteiger partial charge >= 0.3 is 0 Å². The minimum absolute atomic E-state index is 0.106. The molecule has 2 aromatic rings. The molecule has 2 N–H and O–H groups in total. The highest BCUT2D eigenvalue weighted by Gasteiger charge is 2.17. The molecule has 0 spiro atoms. The Bertz CT molecular complexity index is 619. The Balaban J connectivity index is 2.20. The highest BCUT2D eigenvalue weighted by Crippen LogP contribution is 2.29. The van der Waals surface area contributed by atoms with Crippen LogP contribution in [0.25, 0.3) is 0 Å². The van der Waals surface area contributed by atoms with Gasteiger partial charge in [0.25, 0.3) is 0 Å². The Labute approximate surface area is 144 Å². The van der Waals surface area contributed by atoms with Gasteiger partial charge in [-0.2, -0.15) is 0 Å². The van der Waals surface area contributed by atoms with Crippen molar-refractivity contribution in [1.29, 1.82) is 0 Å². The van der Waals surface area contributed by atoms with E-state index in [4.69, 9.17) is 28.9 Å². The van der Waals surface area contributed by atoms with Crippen molar-refractivity contribution in [1.82, 2.24) is 4.90 Å². The van der Waals surface area contributed by atoms with E-state index in [-0.39, 0.29) is 6.04 Å². The molecule has 0 fully saturated rings. The second-order valence-electron chi connectivity index (χ2n) is 4.93. The molecule has 112 valence electrons. The number of benzene rings is 2. The van der Waals surface area contributed by atoms with Crippen molar-refractivity contribution < 1.29 is 0 Å². The van der Waals surface area contributed by atoms with Gasteiger partial charge in [-0.1, -0.05) is 47.5 Å². The minimum atomic E-state index is 0.106. The summed E-state index contributed by atoms with van der Waals surface area (Å²) in [5.41, 5.74) is 8.18. The summed E-state index contributed by atoms with van der Waals surface area (Å²) >= 11 is 15.7. The molecule has 0 amide bonds. The van der Waals surface area contributed by atoms with E-state index in [1.54, 1.807) is 0 Å². The topological polar surface area (TPSA) is 29.3 Å². The molecule has 1 unspecified atom stereocenters. The third-order valence-corrected chi connectivity index (χ3v) is 5.04. The van der Waals surface area contributed by atoms with Gasteiger partial charge in [-0.05, 0) is 52.3 Å². The molecule has 0 heterocycles. The molecule has 0 saturated heterocycles. The molecule has 2 rings (SSSR count). The SMILES string of the molecule is CN(Cc1ccccc1Cl)C(CN)c1ccc(Cl)c(Br)c1. The van der Waals surface area contributed by atoms with Crippen molar-refractivity contribution in [3.05, 3.63) is 68.1 Å². The van der Waals surface area contributed by atoms with Crippen molar-refractivity contribution in [2.24, 2.45) is 5.73 Å². The Morgan fingerprint density at radius 2 is 1.86 bits per heavy atom. The lowest BCUT2D eigenvalue weighted by Gasteiger charge is -2.28. The molecule has 0 bridgehead atoms. The molecule has 0 aliphatic rings. The Hall–Kier alpha value is -0.580. The summed E-state index contributed by atoms with van der Waals surface area (Å²) < 4.78 is 0.881. The van der Waals surface area contributed by atoms with E-state index >= 15 is 0 Å². The zero-order valence-corrected chi connectivity index (χ0v) is 14.8. The van der Waals surface area contributed by atoms with Gasteiger partial charge in [-0.25, -0.2) is 0 Å². The smallest absolute Gasteiger partial charge is 0.0548 e. The maximum Gasteiger partial charge on any atom is 0.0548 e. The highest BCUT2D eigenvalue weighted by molar-refractivity contribution is 9.10. The van der Waals surface area contributed by atoms with Crippen LogP contribution in [-0.2, 0) is 6.54 Å².